The first-order valence-corrected chi connectivity index (χ1v) is 12.3. The van der Waals surface area contributed by atoms with E-state index in [-0.39, 0.29) is 24.2 Å². The first-order chi connectivity index (χ1) is 16.5. The minimum Gasteiger partial charge on any atom is -0.419 e. The zero-order valence-electron chi connectivity index (χ0n) is 18.8. The number of hydrogen-bond donors (Lipinski definition) is 0. The van der Waals surface area contributed by atoms with Gasteiger partial charge in [-0.25, -0.2) is 0 Å². The van der Waals surface area contributed by atoms with Gasteiger partial charge in [0.05, 0.1) is 28.6 Å². The number of nitrogens with zero attached hydrogens (tertiary/aromatic N) is 6. The van der Waals surface area contributed by atoms with Gasteiger partial charge in [-0.1, -0.05) is 53.2 Å². The molecule has 2 aromatic heterocycles. The van der Waals surface area contributed by atoms with Crippen LogP contribution in [0.15, 0.2) is 58.4 Å². The summed E-state index contributed by atoms with van der Waals surface area (Å²) in [5.74, 6) is 0.976. The second kappa shape index (κ2) is 9.60. The van der Waals surface area contributed by atoms with E-state index in [1.165, 1.54) is 17.3 Å². The highest BCUT2D eigenvalue weighted by molar-refractivity contribution is 7.99. The molecular weight excluding hydrogens is 472 g/mol. The summed E-state index contributed by atoms with van der Waals surface area (Å²) in [6, 6.07) is 13.7. The number of thioether (sulfide) groups is 1. The van der Waals surface area contributed by atoms with Crippen molar-refractivity contribution < 1.29 is 9.21 Å². The van der Waals surface area contributed by atoms with Crippen LogP contribution in [0, 0.1) is 13.8 Å². The Labute approximate surface area is 206 Å². The number of halogens is 1. The van der Waals surface area contributed by atoms with Gasteiger partial charge in [-0.3, -0.25) is 9.36 Å². The molecule has 0 bridgehead atoms. The van der Waals surface area contributed by atoms with Gasteiger partial charge in [0.1, 0.15) is 6.33 Å². The zero-order valence-corrected chi connectivity index (χ0v) is 20.4. The standard InChI is InChI=1S/C24H23ClN6O2S/c1-15-7-10-20(16(2)11-15)31-14-26-29-24(31)34-13-22(32)30(17-8-9-17)12-21-27-28-23(33-21)18-5-3-4-6-19(18)25/h3-7,10-11,14,17H,8-9,12-13H2,1-2H3. The van der Waals surface area contributed by atoms with Crippen LogP contribution < -0.4 is 0 Å². The first-order valence-electron chi connectivity index (χ1n) is 11.0. The van der Waals surface area contributed by atoms with E-state index in [2.05, 4.69) is 46.4 Å². The molecule has 1 saturated carbocycles. The smallest absolute Gasteiger partial charge is 0.249 e. The van der Waals surface area contributed by atoms with Crippen LogP contribution in [0.25, 0.3) is 17.1 Å². The molecule has 2 heterocycles. The molecule has 0 saturated heterocycles. The quantitative estimate of drug-likeness (QED) is 0.323. The van der Waals surface area contributed by atoms with Crippen LogP contribution in [0.2, 0.25) is 5.02 Å². The molecule has 34 heavy (non-hydrogen) atoms. The average molecular weight is 495 g/mol. The van der Waals surface area contributed by atoms with Crippen LogP contribution in [0.4, 0.5) is 0 Å². The molecule has 1 aliphatic rings. The lowest BCUT2D eigenvalue weighted by atomic mass is 10.1. The number of carbonyl (C=O) groups is 1. The number of carbonyl (C=O) groups excluding carboxylic acids is 1. The largest absolute Gasteiger partial charge is 0.419 e. The topological polar surface area (TPSA) is 89.9 Å². The highest BCUT2D eigenvalue weighted by Crippen LogP contribution is 2.31. The molecule has 0 atom stereocenters. The molecule has 174 valence electrons. The molecule has 2 aromatic carbocycles. The maximum absolute atomic E-state index is 13.2. The number of benzene rings is 2. The number of rotatable bonds is 8. The molecule has 1 aliphatic carbocycles. The van der Waals surface area contributed by atoms with Gasteiger partial charge in [0.2, 0.25) is 17.7 Å². The molecule has 0 radical (unpaired) electrons. The van der Waals surface area contributed by atoms with E-state index in [1.807, 2.05) is 33.7 Å². The zero-order chi connectivity index (χ0) is 23.7. The Morgan fingerprint density at radius 2 is 2.00 bits per heavy atom. The van der Waals surface area contributed by atoms with E-state index in [9.17, 15) is 4.79 Å². The van der Waals surface area contributed by atoms with Gasteiger partial charge in [-0.15, -0.1) is 20.4 Å². The van der Waals surface area contributed by atoms with E-state index in [0.717, 1.165) is 24.1 Å². The van der Waals surface area contributed by atoms with Crippen molar-refractivity contribution in [2.45, 2.75) is 44.4 Å². The fourth-order valence-corrected chi connectivity index (χ4v) is 4.81. The van der Waals surface area contributed by atoms with E-state index >= 15 is 0 Å². The summed E-state index contributed by atoms with van der Waals surface area (Å²) in [6.45, 7) is 4.38. The summed E-state index contributed by atoms with van der Waals surface area (Å²) in [7, 11) is 0. The molecule has 1 fully saturated rings. The SMILES string of the molecule is Cc1ccc(-n2cnnc2SCC(=O)N(Cc2nnc(-c3ccccc3Cl)o2)C2CC2)c(C)c1. The van der Waals surface area contributed by atoms with Gasteiger partial charge in [0, 0.05) is 6.04 Å². The number of aromatic nitrogens is 5. The third-order valence-corrected chi connectivity index (χ3v) is 6.90. The van der Waals surface area contributed by atoms with Crippen LogP contribution in [0.3, 0.4) is 0 Å². The van der Waals surface area contributed by atoms with Crippen molar-refractivity contribution in [2.24, 2.45) is 0 Å². The molecule has 0 N–H and O–H groups in total. The Kier molecular flexibility index (Phi) is 6.38. The molecule has 8 nitrogen and oxygen atoms in total. The third-order valence-electron chi connectivity index (χ3n) is 5.64. The maximum Gasteiger partial charge on any atom is 0.249 e. The molecule has 0 unspecified atom stereocenters. The minimum absolute atomic E-state index is 0.000159. The first kappa shape index (κ1) is 22.6. The summed E-state index contributed by atoms with van der Waals surface area (Å²) in [6.07, 6.45) is 3.62. The fraction of sp³-hybridized carbons (Fsp3) is 0.292. The van der Waals surface area contributed by atoms with Crippen molar-refractivity contribution in [3.8, 4) is 17.1 Å². The normalized spacial score (nSPS) is 13.3. The van der Waals surface area contributed by atoms with Gasteiger partial charge >= 0.3 is 0 Å². The van der Waals surface area contributed by atoms with Gasteiger partial charge in [-0.2, -0.15) is 0 Å². The number of hydrogen-bond acceptors (Lipinski definition) is 7. The summed E-state index contributed by atoms with van der Waals surface area (Å²) in [5.41, 5.74) is 3.99. The molecule has 0 spiro atoms. The Morgan fingerprint density at radius 1 is 1.18 bits per heavy atom. The van der Waals surface area contributed by atoms with Crippen molar-refractivity contribution in [3.63, 3.8) is 0 Å². The molecule has 1 amide bonds. The van der Waals surface area contributed by atoms with Crippen molar-refractivity contribution >= 4 is 29.3 Å². The highest BCUT2D eigenvalue weighted by Gasteiger charge is 2.34. The Balaban J connectivity index is 1.27. The number of aryl methyl sites for hydroxylation is 2. The van der Waals surface area contributed by atoms with E-state index < -0.39 is 0 Å². The van der Waals surface area contributed by atoms with Gasteiger partial charge in [0.15, 0.2) is 5.16 Å². The van der Waals surface area contributed by atoms with Crippen molar-refractivity contribution in [2.75, 3.05) is 5.75 Å². The molecule has 10 heteroatoms. The summed E-state index contributed by atoms with van der Waals surface area (Å²) < 4.78 is 7.74. The Bertz CT molecular complexity index is 1330. The Morgan fingerprint density at radius 3 is 2.76 bits per heavy atom. The fourth-order valence-electron chi connectivity index (χ4n) is 3.79. The van der Waals surface area contributed by atoms with Crippen LogP contribution in [-0.4, -0.2) is 47.6 Å². The predicted molar refractivity (Wildman–Crippen MR) is 130 cm³/mol. The van der Waals surface area contributed by atoms with Gasteiger partial charge in [-0.05, 0) is 50.5 Å². The maximum atomic E-state index is 13.2. The van der Waals surface area contributed by atoms with Gasteiger partial charge in [0.25, 0.3) is 0 Å². The van der Waals surface area contributed by atoms with Gasteiger partial charge < -0.3 is 9.32 Å². The molecule has 5 rings (SSSR count). The van der Waals surface area contributed by atoms with Crippen molar-refractivity contribution in [1.82, 2.24) is 29.9 Å². The number of amides is 1. The summed E-state index contributed by atoms with van der Waals surface area (Å²) >= 11 is 7.61. The van der Waals surface area contributed by atoms with E-state index in [4.69, 9.17) is 16.0 Å². The third kappa shape index (κ3) is 4.85. The summed E-state index contributed by atoms with van der Waals surface area (Å²) in [4.78, 5) is 15.0. The molecular formula is C24H23ClN6O2S. The highest BCUT2D eigenvalue weighted by atomic mass is 35.5. The lowest BCUT2D eigenvalue weighted by Crippen LogP contribution is -2.34. The van der Waals surface area contributed by atoms with E-state index in [0.29, 0.717) is 27.5 Å². The second-order valence-electron chi connectivity index (χ2n) is 8.30. The van der Waals surface area contributed by atoms with Crippen molar-refractivity contribution in [3.05, 3.63) is 70.8 Å². The van der Waals surface area contributed by atoms with Crippen molar-refractivity contribution in [1.29, 1.82) is 0 Å². The minimum atomic E-state index is 0.000159. The van der Waals surface area contributed by atoms with Crippen LogP contribution in [-0.2, 0) is 11.3 Å². The molecule has 4 aromatic rings. The average Bonchev–Trinajstić information content (AvgIpc) is 3.37. The Hall–Kier alpha value is -3.17. The molecule has 0 aliphatic heterocycles. The monoisotopic (exact) mass is 494 g/mol. The van der Waals surface area contributed by atoms with Crippen LogP contribution >= 0.6 is 23.4 Å². The second-order valence-corrected chi connectivity index (χ2v) is 9.65. The van der Waals surface area contributed by atoms with E-state index in [1.54, 1.807) is 12.4 Å². The lowest BCUT2D eigenvalue weighted by molar-refractivity contribution is -0.129. The van der Waals surface area contributed by atoms with Crippen LogP contribution in [0.5, 0.6) is 0 Å². The predicted octanol–water partition coefficient (Wildman–Crippen LogP) is 4.87. The van der Waals surface area contributed by atoms with Crippen LogP contribution in [0.1, 0.15) is 29.9 Å². The lowest BCUT2D eigenvalue weighted by Gasteiger charge is -2.20. The summed E-state index contributed by atoms with van der Waals surface area (Å²) in [5, 5.41) is 17.8.